The molecule has 5 heteroatoms. The molecule has 2 N–H and O–H groups in total. The van der Waals surface area contributed by atoms with E-state index in [-0.39, 0.29) is 0 Å². The molecule has 0 saturated heterocycles. The molecule has 1 fully saturated rings. The Bertz CT molecular complexity index is 615. The monoisotopic (exact) mass is 302 g/mol. The van der Waals surface area contributed by atoms with Crippen LogP contribution in [0.2, 0.25) is 0 Å². The predicted molar refractivity (Wildman–Crippen MR) is 89.0 cm³/mol. The van der Waals surface area contributed by atoms with Crippen LogP contribution in [-0.2, 0) is 6.54 Å². The first kappa shape index (κ1) is 15.3. The van der Waals surface area contributed by atoms with Crippen molar-refractivity contribution in [2.45, 2.75) is 71.3 Å². The Morgan fingerprint density at radius 1 is 1.23 bits per heavy atom. The van der Waals surface area contributed by atoms with Gasteiger partial charge < -0.3 is 10.3 Å². The number of anilines is 1. The number of aryl methyl sites for hydroxylation is 1. The molecule has 0 spiro atoms. The molecule has 0 amide bonds. The average Bonchev–Trinajstić information content (AvgIpc) is 3.29. The van der Waals surface area contributed by atoms with Crippen LogP contribution in [0.25, 0.3) is 11.2 Å². The fourth-order valence-corrected chi connectivity index (χ4v) is 2.76. The zero-order chi connectivity index (χ0) is 15.4. The second-order valence-corrected chi connectivity index (χ2v) is 6.37. The molecular formula is C17H28N5+. The van der Waals surface area contributed by atoms with Gasteiger partial charge in [-0.15, -0.1) is 0 Å². The number of unbranched alkanes of at least 4 members (excludes halogenated alkanes) is 3. The summed E-state index contributed by atoms with van der Waals surface area (Å²) in [7, 11) is 0. The van der Waals surface area contributed by atoms with Gasteiger partial charge in [0.1, 0.15) is 0 Å². The van der Waals surface area contributed by atoms with Crippen LogP contribution in [0.1, 0.15) is 70.5 Å². The third-order valence-electron chi connectivity index (χ3n) is 4.33. The summed E-state index contributed by atoms with van der Waals surface area (Å²) in [5.74, 6) is 2.74. The quantitative estimate of drug-likeness (QED) is 0.550. The van der Waals surface area contributed by atoms with Crippen molar-refractivity contribution in [3.05, 3.63) is 12.2 Å². The van der Waals surface area contributed by atoms with Gasteiger partial charge in [-0.25, -0.2) is 4.57 Å². The van der Waals surface area contributed by atoms with E-state index in [9.17, 15) is 0 Å². The van der Waals surface area contributed by atoms with Crippen molar-refractivity contribution in [3.63, 3.8) is 0 Å². The Kier molecular flexibility index (Phi) is 4.90. The van der Waals surface area contributed by atoms with Crippen LogP contribution in [0.3, 0.4) is 0 Å². The minimum atomic E-state index is 0.639. The number of hydrogen-bond donors (Lipinski definition) is 2. The molecule has 1 aliphatic carbocycles. The molecule has 120 valence electrons. The molecule has 5 nitrogen and oxygen atoms in total. The molecule has 1 aliphatic rings. The van der Waals surface area contributed by atoms with Crippen molar-refractivity contribution < 1.29 is 4.57 Å². The van der Waals surface area contributed by atoms with Gasteiger partial charge in [-0.1, -0.05) is 43.1 Å². The third-order valence-corrected chi connectivity index (χ3v) is 4.33. The Labute approximate surface area is 132 Å². The van der Waals surface area contributed by atoms with Crippen LogP contribution in [0, 0.1) is 0 Å². The Morgan fingerprint density at radius 2 is 2.05 bits per heavy atom. The van der Waals surface area contributed by atoms with Crippen LogP contribution in [0.15, 0.2) is 6.33 Å². The average molecular weight is 302 g/mol. The van der Waals surface area contributed by atoms with Crippen LogP contribution in [-0.4, -0.2) is 21.5 Å². The molecule has 3 rings (SSSR count). The maximum absolute atomic E-state index is 4.86. The van der Waals surface area contributed by atoms with E-state index < -0.39 is 0 Å². The third kappa shape index (κ3) is 3.39. The summed E-state index contributed by atoms with van der Waals surface area (Å²) < 4.78 is 2.19. The minimum Gasteiger partial charge on any atom is -0.354 e. The van der Waals surface area contributed by atoms with Gasteiger partial charge in [0.2, 0.25) is 12.1 Å². The highest BCUT2D eigenvalue weighted by molar-refractivity contribution is 5.80. The smallest absolute Gasteiger partial charge is 0.293 e. The summed E-state index contributed by atoms with van der Waals surface area (Å²) in [6, 6.07) is 0. The van der Waals surface area contributed by atoms with E-state index in [2.05, 4.69) is 33.7 Å². The van der Waals surface area contributed by atoms with Gasteiger partial charge >= 0.3 is 0 Å². The topological polar surface area (TPSA) is 57.5 Å². The second-order valence-electron chi connectivity index (χ2n) is 6.37. The molecule has 0 atom stereocenters. The largest absolute Gasteiger partial charge is 0.354 e. The number of H-pyrrole nitrogens is 1. The molecule has 2 heterocycles. The molecule has 0 bridgehead atoms. The van der Waals surface area contributed by atoms with E-state index in [1.165, 1.54) is 38.5 Å². The second kappa shape index (κ2) is 7.07. The van der Waals surface area contributed by atoms with Crippen molar-refractivity contribution in [3.8, 4) is 0 Å². The predicted octanol–water partition coefficient (Wildman–Crippen LogP) is 3.53. The van der Waals surface area contributed by atoms with Crippen molar-refractivity contribution in [1.29, 1.82) is 0 Å². The molecular weight excluding hydrogens is 274 g/mol. The Hall–Kier alpha value is -1.65. The maximum Gasteiger partial charge on any atom is 0.293 e. The lowest BCUT2D eigenvalue weighted by Crippen LogP contribution is -2.35. The van der Waals surface area contributed by atoms with E-state index in [1.54, 1.807) is 0 Å². The van der Waals surface area contributed by atoms with Crippen LogP contribution >= 0.6 is 0 Å². The zero-order valence-corrected chi connectivity index (χ0v) is 13.9. The summed E-state index contributed by atoms with van der Waals surface area (Å²) in [4.78, 5) is 13.0. The van der Waals surface area contributed by atoms with Gasteiger partial charge in [0, 0.05) is 12.5 Å². The van der Waals surface area contributed by atoms with E-state index in [1.807, 2.05) is 6.33 Å². The first-order valence-electron chi connectivity index (χ1n) is 8.85. The minimum absolute atomic E-state index is 0.639. The van der Waals surface area contributed by atoms with Gasteiger partial charge in [0.05, 0.1) is 6.54 Å². The van der Waals surface area contributed by atoms with Crippen LogP contribution in [0.5, 0.6) is 0 Å². The summed E-state index contributed by atoms with van der Waals surface area (Å²) >= 11 is 0. The molecule has 22 heavy (non-hydrogen) atoms. The number of hydrogen-bond acceptors (Lipinski definition) is 3. The van der Waals surface area contributed by atoms with Crippen molar-refractivity contribution in [2.24, 2.45) is 0 Å². The van der Waals surface area contributed by atoms with Crippen molar-refractivity contribution in [2.75, 3.05) is 11.9 Å². The lowest BCUT2D eigenvalue weighted by molar-refractivity contribution is -0.676. The number of aromatic amines is 1. The molecule has 2 aromatic heterocycles. The fraction of sp³-hybridized carbons (Fsp3) is 0.706. The fourth-order valence-electron chi connectivity index (χ4n) is 2.76. The summed E-state index contributed by atoms with van der Waals surface area (Å²) in [6.45, 7) is 6.42. The lowest BCUT2D eigenvalue weighted by Gasteiger charge is -2.04. The number of nitrogens with zero attached hydrogens (tertiary/aromatic N) is 3. The highest BCUT2D eigenvalue weighted by Gasteiger charge is 2.31. The van der Waals surface area contributed by atoms with E-state index in [0.717, 1.165) is 42.3 Å². The molecule has 0 aromatic carbocycles. The number of imidazole rings is 1. The maximum atomic E-state index is 4.86. The summed E-state index contributed by atoms with van der Waals surface area (Å²) in [5, 5.41) is 3.48. The lowest BCUT2D eigenvalue weighted by atomic mass is 10.2. The van der Waals surface area contributed by atoms with Gasteiger partial charge in [-0.05, 0) is 25.7 Å². The highest BCUT2D eigenvalue weighted by atomic mass is 15.2. The van der Waals surface area contributed by atoms with Gasteiger partial charge in [-0.3, -0.25) is 0 Å². The van der Waals surface area contributed by atoms with Gasteiger partial charge in [-0.2, -0.15) is 0 Å². The SMILES string of the molecule is CCCCCNc1nc[n+](CCCC)c2nc(C3CC3)[nH]c12. The number of nitrogens with one attached hydrogen (secondary N) is 2. The summed E-state index contributed by atoms with van der Waals surface area (Å²) in [5.41, 5.74) is 2.14. The van der Waals surface area contributed by atoms with E-state index in [4.69, 9.17) is 4.98 Å². The summed E-state index contributed by atoms with van der Waals surface area (Å²) in [6.07, 6.45) is 10.5. The van der Waals surface area contributed by atoms with Crippen LogP contribution in [0.4, 0.5) is 5.82 Å². The van der Waals surface area contributed by atoms with E-state index >= 15 is 0 Å². The van der Waals surface area contributed by atoms with E-state index in [0.29, 0.717) is 5.92 Å². The van der Waals surface area contributed by atoms with Gasteiger partial charge in [0.25, 0.3) is 5.65 Å². The normalized spacial score (nSPS) is 14.6. The number of aromatic nitrogens is 4. The first-order valence-corrected chi connectivity index (χ1v) is 8.85. The van der Waals surface area contributed by atoms with Crippen LogP contribution < -0.4 is 9.88 Å². The first-order chi connectivity index (χ1) is 10.8. The standard InChI is InChI=1S/C17H27N5/c1-3-5-7-10-18-16-14-17(21-15(20-14)13-8-9-13)22(12-19-16)11-6-4-2/h12-13H,3-11H2,1-2H3,(H,18,20,21)/p+1. The molecule has 0 unspecified atom stereocenters. The Balaban J connectivity index is 1.84. The Morgan fingerprint density at radius 3 is 2.77 bits per heavy atom. The number of rotatable bonds is 9. The van der Waals surface area contributed by atoms with Gasteiger partial charge in [0.15, 0.2) is 11.3 Å². The molecule has 1 saturated carbocycles. The molecule has 2 aromatic rings. The number of fused-ring (bicyclic) bond motifs is 1. The van der Waals surface area contributed by atoms with Crippen molar-refractivity contribution >= 4 is 17.0 Å². The highest BCUT2D eigenvalue weighted by Crippen LogP contribution is 2.39. The molecule has 0 aliphatic heterocycles. The molecule has 0 radical (unpaired) electrons. The zero-order valence-electron chi connectivity index (χ0n) is 13.9. The van der Waals surface area contributed by atoms with Crippen molar-refractivity contribution in [1.82, 2.24) is 15.0 Å².